The van der Waals surface area contributed by atoms with E-state index >= 15 is 0 Å². The highest BCUT2D eigenvalue weighted by molar-refractivity contribution is 5.94. The first kappa shape index (κ1) is 9.95. The SMILES string of the molecule is C1=CC2CC2C=C1Nc1cccc2ccccc12. The molecule has 2 aliphatic carbocycles. The summed E-state index contributed by atoms with van der Waals surface area (Å²) in [6, 6.07) is 14.9. The predicted molar refractivity (Wildman–Crippen MR) is 76.4 cm³/mol. The van der Waals surface area contributed by atoms with E-state index in [-0.39, 0.29) is 0 Å². The Labute approximate surface area is 107 Å². The molecular weight excluding hydrogens is 218 g/mol. The Bertz CT molecular complexity index is 661. The van der Waals surface area contributed by atoms with Gasteiger partial charge in [-0.15, -0.1) is 0 Å². The molecule has 0 saturated heterocycles. The van der Waals surface area contributed by atoms with Crippen LogP contribution in [0.25, 0.3) is 10.8 Å². The van der Waals surface area contributed by atoms with Crippen molar-refractivity contribution in [3.05, 3.63) is 66.4 Å². The van der Waals surface area contributed by atoms with Crippen molar-refractivity contribution in [1.82, 2.24) is 0 Å². The summed E-state index contributed by atoms with van der Waals surface area (Å²) in [4.78, 5) is 0. The fourth-order valence-corrected chi connectivity index (χ4v) is 2.74. The second-order valence-electron chi connectivity index (χ2n) is 5.20. The molecule has 0 aromatic heterocycles. The maximum absolute atomic E-state index is 3.56. The van der Waals surface area contributed by atoms with Crippen molar-refractivity contribution in [3.8, 4) is 0 Å². The molecule has 1 N–H and O–H groups in total. The third-order valence-corrected chi connectivity index (χ3v) is 3.88. The zero-order valence-electron chi connectivity index (χ0n) is 10.1. The summed E-state index contributed by atoms with van der Waals surface area (Å²) in [5.41, 5.74) is 2.44. The molecular formula is C17H15N. The lowest BCUT2D eigenvalue weighted by Gasteiger charge is -2.12. The van der Waals surface area contributed by atoms with Gasteiger partial charge in [0.15, 0.2) is 0 Å². The average molecular weight is 233 g/mol. The van der Waals surface area contributed by atoms with Crippen LogP contribution in [0.4, 0.5) is 5.69 Å². The summed E-state index contributed by atoms with van der Waals surface area (Å²) in [6.45, 7) is 0. The van der Waals surface area contributed by atoms with E-state index in [1.165, 1.54) is 28.6 Å². The molecule has 0 amide bonds. The molecule has 1 fully saturated rings. The molecule has 2 aliphatic rings. The molecule has 1 saturated carbocycles. The van der Waals surface area contributed by atoms with Crippen molar-refractivity contribution in [3.63, 3.8) is 0 Å². The molecule has 2 aromatic rings. The molecule has 18 heavy (non-hydrogen) atoms. The third-order valence-electron chi connectivity index (χ3n) is 3.88. The minimum Gasteiger partial charge on any atom is -0.355 e. The fraction of sp³-hybridized carbons (Fsp3) is 0.176. The first-order chi connectivity index (χ1) is 8.90. The highest BCUT2D eigenvalue weighted by atomic mass is 14.9. The Hall–Kier alpha value is -2.02. The van der Waals surface area contributed by atoms with Crippen LogP contribution in [0, 0.1) is 11.8 Å². The van der Waals surface area contributed by atoms with Gasteiger partial charge in [-0.25, -0.2) is 0 Å². The summed E-state index contributed by atoms with van der Waals surface area (Å²) >= 11 is 0. The summed E-state index contributed by atoms with van der Waals surface area (Å²) in [5, 5.41) is 6.12. The Morgan fingerprint density at radius 2 is 1.83 bits per heavy atom. The molecule has 1 heteroatoms. The van der Waals surface area contributed by atoms with Crippen LogP contribution < -0.4 is 5.32 Å². The van der Waals surface area contributed by atoms with Crippen molar-refractivity contribution in [2.45, 2.75) is 6.42 Å². The van der Waals surface area contributed by atoms with Gasteiger partial charge in [0.1, 0.15) is 0 Å². The molecule has 0 bridgehead atoms. The van der Waals surface area contributed by atoms with Crippen molar-refractivity contribution in [2.75, 3.05) is 5.32 Å². The van der Waals surface area contributed by atoms with Crippen LogP contribution in [0.1, 0.15) is 6.42 Å². The van der Waals surface area contributed by atoms with Crippen LogP contribution in [-0.4, -0.2) is 0 Å². The lowest BCUT2D eigenvalue weighted by atomic mass is 10.1. The van der Waals surface area contributed by atoms with Gasteiger partial charge < -0.3 is 5.32 Å². The molecule has 1 nitrogen and oxygen atoms in total. The van der Waals surface area contributed by atoms with Gasteiger partial charge in [-0.1, -0.05) is 48.6 Å². The topological polar surface area (TPSA) is 12.0 Å². The molecule has 2 unspecified atom stereocenters. The Morgan fingerprint density at radius 1 is 0.944 bits per heavy atom. The molecule has 0 heterocycles. The summed E-state index contributed by atoms with van der Waals surface area (Å²) in [5.74, 6) is 1.61. The maximum atomic E-state index is 3.56. The van der Waals surface area contributed by atoms with E-state index < -0.39 is 0 Å². The van der Waals surface area contributed by atoms with Gasteiger partial charge in [-0.05, 0) is 35.8 Å². The summed E-state index contributed by atoms with van der Waals surface area (Å²) in [6.07, 6.45) is 8.25. The molecule has 4 rings (SSSR count). The van der Waals surface area contributed by atoms with Crippen LogP contribution in [0.3, 0.4) is 0 Å². The van der Waals surface area contributed by atoms with E-state index in [0.29, 0.717) is 0 Å². The Morgan fingerprint density at radius 3 is 2.78 bits per heavy atom. The normalized spacial score (nSPS) is 24.6. The highest BCUT2D eigenvalue weighted by Gasteiger charge is 2.34. The minimum absolute atomic E-state index is 0.785. The van der Waals surface area contributed by atoms with Crippen molar-refractivity contribution >= 4 is 16.5 Å². The number of allylic oxidation sites excluding steroid dienone is 3. The van der Waals surface area contributed by atoms with Crippen molar-refractivity contribution in [1.29, 1.82) is 0 Å². The van der Waals surface area contributed by atoms with E-state index in [0.717, 1.165) is 11.8 Å². The smallest absolute Gasteiger partial charge is 0.0463 e. The van der Waals surface area contributed by atoms with Crippen LogP contribution in [0.5, 0.6) is 0 Å². The lowest BCUT2D eigenvalue weighted by molar-refractivity contribution is 0.966. The molecule has 0 radical (unpaired) electrons. The Kier molecular flexibility index (Phi) is 2.07. The average Bonchev–Trinajstić information content (AvgIpc) is 3.18. The Balaban J connectivity index is 1.72. The zero-order valence-corrected chi connectivity index (χ0v) is 10.1. The minimum atomic E-state index is 0.785. The molecule has 2 atom stereocenters. The quantitative estimate of drug-likeness (QED) is 0.813. The van der Waals surface area contributed by atoms with Crippen LogP contribution in [0.15, 0.2) is 66.4 Å². The van der Waals surface area contributed by atoms with Crippen molar-refractivity contribution < 1.29 is 0 Å². The number of hydrogen-bond acceptors (Lipinski definition) is 1. The van der Waals surface area contributed by atoms with Gasteiger partial charge in [0.2, 0.25) is 0 Å². The number of nitrogens with one attached hydrogen (secondary N) is 1. The molecule has 0 aliphatic heterocycles. The van der Waals surface area contributed by atoms with Gasteiger partial charge in [0.05, 0.1) is 0 Å². The van der Waals surface area contributed by atoms with E-state index in [4.69, 9.17) is 0 Å². The van der Waals surface area contributed by atoms with Gasteiger partial charge in [0, 0.05) is 16.8 Å². The monoisotopic (exact) mass is 233 g/mol. The number of anilines is 1. The van der Waals surface area contributed by atoms with Gasteiger partial charge in [-0.2, -0.15) is 0 Å². The first-order valence-electron chi connectivity index (χ1n) is 6.55. The number of hydrogen-bond donors (Lipinski definition) is 1. The number of benzene rings is 2. The lowest BCUT2D eigenvalue weighted by Crippen LogP contribution is -2.00. The van der Waals surface area contributed by atoms with E-state index in [2.05, 4.69) is 66.0 Å². The van der Waals surface area contributed by atoms with Gasteiger partial charge in [0.25, 0.3) is 0 Å². The molecule has 0 spiro atoms. The predicted octanol–water partition coefficient (Wildman–Crippen LogP) is 4.34. The summed E-state index contributed by atoms with van der Waals surface area (Å²) in [7, 11) is 0. The van der Waals surface area contributed by atoms with Crippen LogP contribution in [-0.2, 0) is 0 Å². The van der Waals surface area contributed by atoms with E-state index in [1.807, 2.05) is 0 Å². The molecule has 88 valence electrons. The van der Waals surface area contributed by atoms with E-state index in [9.17, 15) is 0 Å². The molecule has 2 aromatic carbocycles. The fourth-order valence-electron chi connectivity index (χ4n) is 2.74. The first-order valence-corrected chi connectivity index (χ1v) is 6.55. The second-order valence-corrected chi connectivity index (χ2v) is 5.20. The van der Waals surface area contributed by atoms with Crippen molar-refractivity contribution in [2.24, 2.45) is 11.8 Å². The maximum Gasteiger partial charge on any atom is 0.0463 e. The van der Waals surface area contributed by atoms with Gasteiger partial charge in [-0.3, -0.25) is 0 Å². The highest BCUT2D eigenvalue weighted by Crippen LogP contribution is 2.44. The number of fused-ring (bicyclic) bond motifs is 2. The van der Waals surface area contributed by atoms with Gasteiger partial charge >= 0.3 is 0 Å². The third kappa shape index (κ3) is 1.63. The largest absolute Gasteiger partial charge is 0.355 e. The standard InChI is InChI=1S/C17H15N/c1-2-6-16-12(4-1)5-3-7-17(16)18-15-9-8-13-10-14(13)11-15/h1-9,11,13-14,18H,10H2. The van der Waals surface area contributed by atoms with Crippen LogP contribution in [0.2, 0.25) is 0 Å². The second kappa shape index (κ2) is 3.74. The summed E-state index contributed by atoms with van der Waals surface area (Å²) < 4.78 is 0. The zero-order chi connectivity index (χ0) is 11.9. The van der Waals surface area contributed by atoms with E-state index in [1.54, 1.807) is 0 Å². The number of rotatable bonds is 2. The van der Waals surface area contributed by atoms with Crippen LogP contribution >= 0.6 is 0 Å².